The van der Waals surface area contributed by atoms with Crippen LogP contribution < -0.4 is 5.19 Å². The normalized spacial score (nSPS) is 11.2. The van der Waals surface area contributed by atoms with Gasteiger partial charge in [0.1, 0.15) is 0 Å². The fourth-order valence-electron chi connectivity index (χ4n) is 3.82. The van der Waals surface area contributed by atoms with Gasteiger partial charge in [0.15, 0.2) is 5.78 Å². The molecular weight excluding hydrogens is 617 g/mol. The van der Waals surface area contributed by atoms with Gasteiger partial charge < -0.3 is 5.11 Å². The number of ketones is 1. The van der Waals surface area contributed by atoms with E-state index in [0.717, 1.165) is 27.4 Å². The van der Waals surface area contributed by atoms with Crippen LogP contribution in [-0.2, 0) is 24.9 Å². The molecule has 0 fully saturated rings. The van der Waals surface area contributed by atoms with Crippen LogP contribution in [0.1, 0.15) is 19.4 Å². The first-order valence-electron chi connectivity index (χ1n) is 10.7. The summed E-state index contributed by atoms with van der Waals surface area (Å²) >= 11 is 0. The van der Waals surface area contributed by atoms with Gasteiger partial charge in [0.2, 0.25) is 0 Å². The maximum atomic E-state index is 10.0. The molecule has 1 radical (unpaired) electrons. The Labute approximate surface area is 215 Å². The molecule has 0 atom stereocenters. The number of rotatable bonds is 3. The van der Waals surface area contributed by atoms with Crippen molar-refractivity contribution in [2.24, 2.45) is 0 Å². The third kappa shape index (κ3) is 6.27. The van der Waals surface area contributed by atoms with E-state index in [0.29, 0.717) is 5.56 Å². The average molecular weight is 644 g/mol. The van der Waals surface area contributed by atoms with Gasteiger partial charge >= 0.3 is 0 Å². The van der Waals surface area contributed by atoms with Crippen LogP contribution in [0.2, 0.25) is 19.6 Å². The maximum absolute atomic E-state index is 10.0. The Morgan fingerprint density at radius 2 is 1.71 bits per heavy atom. The van der Waals surface area contributed by atoms with Crippen molar-refractivity contribution in [3.8, 4) is 17.3 Å². The molecule has 4 nitrogen and oxygen atoms in total. The quantitative estimate of drug-likeness (QED) is 0.123. The first-order chi connectivity index (χ1) is 15.6. The summed E-state index contributed by atoms with van der Waals surface area (Å²) in [6.45, 7) is 9.93. The molecule has 0 unspecified atom stereocenters. The summed E-state index contributed by atoms with van der Waals surface area (Å²) in [5.74, 6) is -0.0625. The van der Waals surface area contributed by atoms with Gasteiger partial charge in [0.25, 0.3) is 0 Å². The zero-order chi connectivity index (χ0) is 24.2. The molecule has 0 saturated carbocycles. The van der Waals surface area contributed by atoms with Crippen molar-refractivity contribution in [3.63, 3.8) is 0 Å². The largest absolute Gasteiger partial charge is 0.512 e. The number of hydrogen-bond donors (Lipinski definition) is 1. The van der Waals surface area contributed by atoms with E-state index < -0.39 is 8.07 Å². The monoisotopic (exact) mass is 644 g/mol. The van der Waals surface area contributed by atoms with Crippen LogP contribution in [0.4, 0.5) is 0 Å². The smallest absolute Gasteiger partial charge is 0.155 e. The average Bonchev–Trinajstić information content (AvgIpc) is 2.76. The van der Waals surface area contributed by atoms with Crippen LogP contribution in [-0.4, -0.2) is 23.9 Å². The third-order valence-corrected chi connectivity index (χ3v) is 7.23. The number of nitriles is 1. The predicted octanol–water partition coefficient (Wildman–Crippen LogP) is 6.31. The molecule has 1 N–H and O–H groups in total. The van der Waals surface area contributed by atoms with Gasteiger partial charge in [-0.1, -0.05) is 72.2 Å². The minimum atomic E-state index is -1.47. The van der Waals surface area contributed by atoms with E-state index in [9.17, 15) is 10.1 Å². The van der Waals surface area contributed by atoms with Gasteiger partial charge in [-0.3, -0.25) is 9.78 Å². The number of allylic oxidation sites excluding steroid dienone is 2. The minimum absolute atomic E-state index is 0. The number of benzene rings is 3. The van der Waals surface area contributed by atoms with Crippen LogP contribution in [0.15, 0.2) is 72.6 Å². The molecule has 34 heavy (non-hydrogen) atoms. The molecule has 0 bridgehead atoms. The number of hydrogen-bond acceptors (Lipinski definition) is 4. The standard InChI is InChI=1S/C23H19N2Si.C5H8O2.Ir/c1-26(2,3)22-10-6-9-21-20(22)11-12-25-23(21)17-13-16-7-4-5-8-19(16)18(14-17)15-24;1-4(6)3-5(2)7;/h4-12,14H,1-3H3;3,6H,1-2H3;/q-1;;/b;4-3-;. The van der Waals surface area contributed by atoms with Crippen molar-refractivity contribution in [1.29, 1.82) is 5.26 Å². The van der Waals surface area contributed by atoms with Crippen LogP contribution in [0.5, 0.6) is 0 Å². The summed E-state index contributed by atoms with van der Waals surface area (Å²) in [5, 5.41) is 23.7. The summed E-state index contributed by atoms with van der Waals surface area (Å²) in [6.07, 6.45) is 3.04. The predicted molar refractivity (Wildman–Crippen MR) is 138 cm³/mol. The Morgan fingerprint density at radius 1 is 1.03 bits per heavy atom. The fraction of sp³-hybridized carbons (Fsp3) is 0.179. The van der Waals surface area contributed by atoms with Crippen LogP contribution >= 0.6 is 0 Å². The van der Waals surface area contributed by atoms with E-state index in [1.165, 1.54) is 30.5 Å². The second-order valence-corrected chi connectivity index (χ2v) is 14.0. The van der Waals surface area contributed by atoms with Gasteiger partial charge in [0.05, 0.1) is 19.9 Å². The van der Waals surface area contributed by atoms with E-state index in [2.05, 4.69) is 61.0 Å². The molecule has 1 aromatic heterocycles. The second-order valence-electron chi connectivity index (χ2n) is 8.96. The van der Waals surface area contributed by atoms with Crippen LogP contribution in [0, 0.1) is 17.4 Å². The van der Waals surface area contributed by atoms with Crippen molar-refractivity contribution in [2.75, 3.05) is 0 Å². The molecule has 175 valence electrons. The molecule has 0 amide bonds. The molecule has 3 aromatic carbocycles. The Hall–Kier alpha value is -3.10. The minimum Gasteiger partial charge on any atom is -0.512 e. The Bertz CT molecular complexity index is 1410. The number of aliphatic hydroxyl groups excluding tert-OH is 1. The molecule has 4 rings (SSSR count). The third-order valence-electron chi connectivity index (χ3n) is 5.18. The molecule has 0 aliphatic heterocycles. The van der Waals surface area contributed by atoms with E-state index >= 15 is 0 Å². The fourth-order valence-corrected chi connectivity index (χ4v) is 5.44. The van der Waals surface area contributed by atoms with Gasteiger partial charge in [-0.05, 0) is 36.2 Å². The van der Waals surface area contributed by atoms with Crippen molar-refractivity contribution in [3.05, 3.63) is 84.3 Å². The molecule has 6 heteroatoms. The number of nitrogens with zero attached hydrogens (tertiary/aromatic N) is 2. The molecule has 0 aliphatic rings. The van der Waals surface area contributed by atoms with Gasteiger partial charge in [-0.15, -0.1) is 23.6 Å². The Morgan fingerprint density at radius 3 is 2.29 bits per heavy atom. The summed E-state index contributed by atoms with van der Waals surface area (Å²) in [5.41, 5.74) is 2.43. The van der Waals surface area contributed by atoms with E-state index in [1.54, 1.807) is 0 Å². The second kappa shape index (κ2) is 11.4. The molecule has 4 aromatic rings. The van der Waals surface area contributed by atoms with E-state index in [-0.39, 0.29) is 31.6 Å². The molecule has 0 saturated heterocycles. The number of fused-ring (bicyclic) bond motifs is 2. The number of carbonyl (C=O) groups excluding carboxylic acids is 1. The summed E-state index contributed by atoms with van der Waals surface area (Å²) in [4.78, 5) is 14.7. The summed E-state index contributed by atoms with van der Waals surface area (Å²) < 4.78 is 0. The molecule has 1 heterocycles. The van der Waals surface area contributed by atoms with Gasteiger partial charge in [0, 0.05) is 38.1 Å². The molecule has 0 spiro atoms. The van der Waals surface area contributed by atoms with E-state index in [4.69, 9.17) is 5.11 Å². The number of aliphatic hydroxyl groups is 1. The van der Waals surface area contributed by atoms with E-state index in [1.807, 2.05) is 36.5 Å². The first-order valence-corrected chi connectivity index (χ1v) is 14.2. The molecular formula is C28H27IrN2O2Si-. The van der Waals surface area contributed by atoms with Crippen molar-refractivity contribution in [2.45, 2.75) is 33.5 Å². The number of aromatic nitrogens is 1. The van der Waals surface area contributed by atoms with Crippen molar-refractivity contribution >= 4 is 40.6 Å². The van der Waals surface area contributed by atoms with Gasteiger partial charge in [-0.2, -0.15) is 5.26 Å². The van der Waals surface area contributed by atoms with Crippen molar-refractivity contribution < 1.29 is 30.0 Å². The number of pyridine rings is 1. The zero-order valence-electron chi connectivity index (χ0n) is 19.9. The van der Waals surface area contributed by atoms with Crippen LogP contribution in [0.25, 0.3) is 32.8 Å². The summed E-state index contributed by atoms with van der Waals surface area (Å²) in [7, 11) is -1.47. The Balaban J connectivity index is 0.000000449. The Kier molecular flexibility index (Phi) is 9.06. The van der Waals surface area contributed by atoms with Crippen molar-refractivity contribution in [1.82, 2.24) is 4.98 Å². The van der Waals surface area contributed by atoms with Gasteiger partial charge in [-0.25, -0.2) is 0 Å². The topological polar surface area (TPSA) is 74.0 Å². The summed E-state index contributed by atoms with van der Waals surface area (Å²) in [6, 6.07) is 24.2. The maximum Gasteiger partial charge on any atom is 0.155 e. The zero-order valence-corrected chi connectivity index (χ0v) is 23.3. The molecule has 0 aliphatic carbocycles. The first kappa shape index (κ1) is 27.1. The number of carbonyl (C=O) groups is 1. The van der Waals surface area contributed by atoms with Crippen LogP contribution in [0.3, 0.4) is 0 Å². The SMILES string of the molecule is CC(=O)/C=C(/C)O.C[Si](C)(C)c1cccc2c(-c3[c-]c4ccccc4c(C#N)c3)nccc12.[Ir].